The summed E-state index contributed by atoms with van der Waals surface area (Å²) in [7, 11) is 1.57. The number of phenols is 1. The Kier molecular flexibility index (Phi) is 5.80. The third-order valence-electron chi connectivity index (χ3n) is 6.05. The number of halogens is 1. The molecule has 0 spiro atoms. The molecule has 150 valence electrons. The van der Waals surface area contributed by atoms with Gasteiger partial charge in [0.25, 0.3) is 0 Å². The normalized spacial score (nSPS) is 25.7. The van der Waals surface area contributed by atoms with Crippen LogP contribution in [0.5, 0.6) is 11.5 Å². The Morgan fingerprint density at radius 1 is 1.25 bits per heavy atom. The van der Waals surface area contributed by atoms with E-state index >= 15 is 0 Å². The second-order valence-corrected chi connectivity index (χ2v) is 7.82. The summed E-state index contributed by atoms with van der Waals surface area (Å²) in [6.07, 6.45) is 2.26. The van der Waals surface area contributed by atoms with Gasteiger partial charge in [-0.05, 0) is 49.1 Å². The number of benzene rings is 2. The van der Waals surface area contributed by atoms with Gasteiger partial charge in [0.2, 0.25) is 0 Å². The predicted molar refractivity (Wildman–Crippen MR) is 107 cm³/mol. The fraction of sp³-hybridized carbons (Fsp3) is 0.455. The van der Waals surface area contributed by atoms with Gasteiger partial charge in [-0.15, -0.1) is 0 Å². The molecule has 2 aliphatic heterocycles. The minimum absolute atomic E-state index is 0.179. The van der Waals surface area contributed by atoms with E-state index in [0.717, 1.165) is 43.6 Å². The van der Waals surface area contributed by atoms with Crippen LogP contribution in [0.3, 0.4) is 0 Å². The smallest absolute Gasteiger partial charge is 0.162 e. The maximum absolute atomic E-state index is 13.7. The number of nitrogens with one attached hydrogen (secondary N) is 2. The van der Waals surface area contributed by atoms with Crippen molar-refractivity contribution in [3.8, 4) is 11.5 Å². The Morgan fingerprint density at radius 2 is 2.11 bits per heavy atom. The molecule has 2 saturated heterocycles. The zero-order chi connectivity index (χ0) is 19.5. The van der Waals surface area contributed by atoms with Gasteiger partial charge in [-0.1, -0.05) is 24.3 Å². The van der Waals surface area contributed by atoms with Gasteiger partial charge in [0, 0.05) is 37.2 Å². The van der Waals surface area contributed by atoms with Crippen LogP contribution in [-0.4, -0.2) is 42.8 Å². The average molecular weight is 385 g/mol. The lowest BCUT2D eigenvalue weighted by Crippen LogP contribution is -2.46. The van der Waals surface area contributed by atoms with Crippen LogP contribution < -0.4 is 15.6 Å². The van der Waals surface area contributed by atoms with E-state index in [9.17, 15) is 9.50 Å². The van der Waals surface area contributed by atoms with Crippen LogP contribution in [0.1, 0.15) is 29.9 Å². The first kappa shape index (κ1) is 19.2. The fourth-order valence-electron chi connectivity index (χ4n) is 4.65. The number of methoxy groups -OCH3 is 1. The van der Waals surface area contributed by atoms with Crippen molar-refractivity contribution in [3.63, 3.8) is 0 Å². The maximum atomic E-state index is 13.7. The molecule has 2 aliphatic rings. The van der Waals surface area contributed by atoms with Gasteiger partial charge in [0.05, 0.1) is 7.11 Å². The highest BCUT2D eigenvalue weighted by Gasteiger charge is 2.36. The van der Waals surface area contributed by atoms with Crippen molar-refractivity contribution >= 4 is 0 Å². The molecule has 5 nitrogen and oxygen atoms in total. The minimum atomic E-state index is -0.179. The molecule has 3 N–H and O–H groups in total. The van der Waals surface area contributed by atoms with Crippen LogP contribution in [0.25, 0.3) is 0 Å². The Bertz CT molecular complexity index is 816. The van der Waals surface area contributed by atoms with Crippen LogP contribution in [0.4, 0.5) is 4.39 Å². The van der Waals surface area contributed by atoms with Gasteiger partial charge in [-0.25, -0.2) is 4.39 Å². The van der Waals surface area contributed by atoms with E-state index in [-0.39, 0.29) is 23.5 Å². The first-order valence-electron chi connectivity index (χ1n) is 9.96. The van der Waals surface area contributed by atoms with Crippen molar-refractivity contribution in [2.75, 3.05) is 26.7 Å². The molecule has 2 heterocycles. The van der Waals surface area contributed by atoms with E-state index in [2.05, 4.69) is 15.8 Å². The van der Waals surface area contributed by atoms with Crippen LogP contribution >= 0.6 is 0 Å². The Morgan fingerprint density at radius 3 is 2.93 bits per heavy atom. The largest absolute Gasteiger partial charge is 0.504 e. The summed E-state index contributed by atoms with van der Waals surface area (Å²) in [5.41, 5.74) is 8.65. The standard InChI is InChI=1S/C22H28FN3O2/c1-28-20-9-3-6-17(22(20)27)14-26-10-4-7-16(13-26)21-19(12-24-25-21)15-5-2-8-18(23)11-15/h2-3,5-6,8-9,11,16,19,21,24-25,27H,4,7,10,12-14H2,1H3. The van der Waals surface area contributed by atoms with Crippen molar-refractivity contribution in [1.29, 1.82) is 0 Å². The van der Waals surface area contributed by atoms with E-state index < -0.39 is 0 Å². The zero-order valence-corrected chi connectivity index (χ0v) is 16.2. The van der Waals surface area contributed by atoms with Crippen molar-refractivity contribution < 1.29 is 14.2 Å². The van der Waals surface area contributed by atoms with E-state index in [4.69, 9.17) is 4.74 Å². The summed E-state index contributed by atoms with van der Waals surface area (Å²) < 4.78 is 18.9. The highest BCUT2D eigenvalue weighted by molar-refractivity contribution is 5.45. The van der Waals surface area contributed by atoms with E-state index in [0.29, 0.717) is 18.2 Å². The third kappa shape index (κ3) is 3.99. The molecule has 4 rings (SSSR count). The Hall–Kier alpha value is -2.15. The molecule has 0 saturated carbocycles. The zero-order valence-electron chi connectivity index (χ0n) is 16.2. The fourth-order valence-corrected chi connectivity index (χ4v) is 4.65. The predicted octanol–water partition coefficient (Wildman–Crippen LogP) is 3.01. The highest BCUT2D eigenvalue weighted by Crippen LogP contribution is 2.34. The lowest BCUT2D eigenvalue weighted by Gasteiger charge is -2.37. The van der Waals surface area contributed by atoms with Gasteiger partial charge in [0.1, 0.15) is 5.82 Å². The molecule has 0 bridgehead atoms. The molecule has 0 aromatic heterocycles. The van der Waals surface area contributed by atoms with Gasteiger partial charge < -0.3 is 9.84 Å². The lowest BCUT2D eigenvalue weighted by molar-refractivity contribution is 0.138. The van der Waals surface area contributed by atoms with Crippen LogP contribution in [-0.2, 0) is 6.54 Å². The number of hydrogen-bond acceptors (Lipinski definition) is 5. The maximum Gasteiger partial charge on any atom is 0.162 e. The number of ether oxygens (including phenoxy) is 1. The number of hydrogen-bond donors (Lipinski definition) is 3. The summed E-state index contributed by atoms with van der Waals surface area (Å²) in [5.74, 6) is 1.28. The molecular formula is C22H28FN3O2. The number of para-hydroxylation sites is 1. The number of nitrogens with zero attached hydrogens (tertiary/aromatic N) is 1. The third-order valence-corrected chi connectivity index (χ3v) is 6.05. The molecule has 0 aliphatic carbocycles. The molecule has 2 aromatic rings. The quantitative estimate of drug-likeness (QED) is 0.739. The van der Waals surface area contributed by atoms with Crippen LogP contribution in [0, 0.1) is 11.7 Å². The van der Waals surface area contributed by atoms with Gasteiger partial charge in [-0.3, -0.25) is 15.8 Å². The molecule has 28 heavy (non-hydrogen) atoms. The summed E-state index contributed by atoms with van der Waals surface area (Å²) in [6.45, 7) is 3.46. The molecule has 6 heteroatoms. The summed E-state index contributed by atoms with van der Waals surface area (Å²) in [4.78, 5) is 2.39. The number of piperidine rings is 1. The SMILES string of the molecule is COc1cccc(CN2CCCC(C3NNCC3c3cccc(F)c3)C2)c1O. The second-order valence-electron chi connectivity index (χ2n) is 7.82. The Balaban J connectivity index is 1.46. The summed E-state index contributed by atoms with van der Waals surface area (Å²) >= 11 is 0. The molecule has 2 aromatic carbocycles. The molecule has 0 amide bonds. The minimum Gasteiger partial charge on any atom is -0.504 e. The number of likely N-dealkylation sites (tertiary alicyclic amines) is 1. The van der Waals surface area contributed by atoms with Crippen molar-refractivity contribution in [2.24, 2.45) is 5.92 Å². The van der Waals surface area contributed by atoms with E-state index in [1.165, 1.54) is 6.07 Å². The molecule has 3 unspecified atom stereocenters. The van der Waals surface area contributed by atoms with E-state index in [1.54, 1.807) is 25.3 Å². The van der Waals surface area contributed by atoms with Crippen LogP contribution in [0.2, 0.25) is 0 Å². The number of aromatic hydroxyl groups is 1. The van der Waals surface area contributed by atoms with Gasteiger partial charge in [0.15, 0.2) is 11.5 Å². The molecule has 0 radical (unpaired) electrons. The average Bonchev–Trinajstić information content (AvgIpc) is 3.20. The first-order valence-corrected chi connectivity index (χ1v) is 9.96. The lowest BCUT2D eigenvalue weighted by atomic mass is 9.81. The van der Waals surface area contributed by atoms with Crippen molar-refractivity contribution in [3.05, 3.63) is 59.4 Å². The Labute approximate surface area is 165 Å². The summed E-state index contributed by atoms with van der Waals surface area (Å²) in [6, 6.07) is 12.9. The monoisotopic (exact) mass is 385 g/mol. The second kappa shape index (κ2) is 8.47. The molecule has 2 fully saturated rings. The number of phenolic OH excluding ortho intramolecular Hbond substituents is 1. The van der Waals surface area contributed by atoms with Crippen molar-refractivity contribution in [2.45, 2.75) is 31.3 Å². The van der Waals surface area contributed by atoms with E-state index in [1.807, 2.05) is 18.2 Å². The number of rotatable bonds is 5. The highest BCUT2D eigenvalue weighted by atomic mass is 19.1. The summed E-state index contributed by atoms with van der Waals surface area (Å²) in [5, 5.41) is 10.4. The topological polar surface area (TPSA) is 56.8 Å². The van der Waals surface area contributed by atoms with Crippen molar-refractivity contribution in [1.82, 2.24) is 15.8 Å². The number of hydrazine groups is 1. The van der Waals surface area contributed by atoms with Crippen LogP contribution in [0.15, 0.2) is 42.5 Å². The first-order chi connectivity index (χ1) is 13.7. The van der Waals surface area contributed by atoms with Gasteiger partial charge >= 0.3 is 0 Å². The molecule has 3 atom stereocenters. The molecular weight excluding hydrogens is 357 g/mol. The van der Waals surface area contributed by atoms with Gasteiger partial charge in [-0.2, -0.15) is 0 Å².